The molecule has 3 atom stereocenters. The first-order chi connectivity index (χ1) is 27.6. The summed E-state index contributed by atoms with van der Waals surface area (Å²) < 4.78 is 76.1. The fraction of sp³-hybridized carbons (Fsp3) is 0.375. The van der Waals surface area contributed by atoms with Crippen molar-refractivity contribution in [1.29, 1.82) is 0 Å². The van der Waals surface area contributed by atoms with Crippen molar-refractivity contribution in [2.24, 2.45) is 11.8 Å². The largest absolute Gasteiger partial charge is 0.490 e. The van der Waals surface area contributed by atoms with Crippen molar-refractivity contribution >= 4 is 50.1 Å². The van der Waals surface area contributed by atoms with Crippen molar-refractivity contribution in [3.63, 3.8) is 0 Å². The summed E-state index contributed by atoms with van der Waals surface area (Å²) in [6.07, 6.45) is -1.89. The molecule has 4 aromatic rings. The first kappa shape index (κ1) is 45.7. The Morgan fingerprint density at radius 2 is 1.64 bits per heavy atom. The lowest BCUT2D eigenvalue weighted by Gasteiger charge is -2.36. The van der Waals surface area contributed by atoms with E-state index in [-0.39, 0.29) is 35.1 Å². The van der Waals surface area contributed by atoms with E-state index in [1.807, 2.05) is 39.0 Å². The van der Waals surface area contributed by atoms with Gasteiger partial charge in [0, 0.05) is 24.3 Å². The summed E-state index contributed by atoms with van der Waals surface area (Å²) in [7, 11) is -2.84. The summed E-state index contributed by atoms with van der Waals surface area (Å²) in [5.74, 6) is 1.20. The number of methoxy groups -OCH3 is 1. The molecule has 1 amide bonds. The average molecular weight is 847 g/mol. The second-order valence-corrected chi connectivity index (χ2v) is 16.3. The maximum Gasteiger partial charge on any atom is 0.490 e. The second-order valence-electron chi connectivity index (χ2n) is 13.9. The number of ether oxygens (including phenoxy) is 3. The van der Waals surface area contributed by atoms with Crippen molar-refractivity contribution < 1.29 is 65.2 Å². The minimum atomic E-state index is -5.08. The van der Waals surface area contributed by atoms with E-state index in [0.717, 1.165) is 10.8 Å². The van der Waals surface area contributed by atoms with E-state index < -0.39 is 63.1 Å². The normalized spacial score (nSPS) is 16.0. The van der Waals surface area contributed by atoms with Crippen LogP contribution in [0.1, 0.15) is 74.6 Å². The van der Waals surface area contributed by atoms with Crippen molar-refractivity contribution in [3.8, 4) is 11.5 Å². The number of halogens is 3. The van der Waals surface area contributed by atoms with Crippen LogP contribution < -0.4 is 20.3 Å². The number of carbonyl (C=O) groups is 4. The van der Waals surface area contributed by atoms with Crippen molar-refractivity contribution in [2.75, 3.05) is 25.3 Å². The molecule has 318 valence electrons. The van der Waals surface area contributed by atoms with Gasteiger partial charge in [0.05, 0.1) is 53.2 Å². The number of sulfone groups is 1. The fourth-order valence-corrected chi connectivity index (χ4v) is 7.77. The Morgan fingerprint density at radius 3 is 2.22 bits per heavy atom. The molecular weight excluding hydrogens is 802 g/mol. The van der Waals surface area contributed by atoms with Gasteiger partial charge in [0.15, 0.2) is 21.3 Å². The molecule has 0 saturated carbocycles. The van der Waals surface area contributed by atoms with Gasteiger partial charge >= 0.3 is 24.1 Å². The molecule has 0 radical (unpaired) electrons. The van der Waals surface area contributed by atoms with E-state index in [9.17, 15) is 36.3 Å². The fourth-order valence-electron chi connectivity index (χ4n) is 6.49. The van der Waals surface area contributed by atoms with Gasteiger partial charge in [-0.05, 0) is 106 Å². The number of aliphatic carboxylic acids is 2. The number of benzene rings is 3. The van der Waals surface area contributed by atoms with Crippen LogP contribution in [-0.4, -0.2) is 90.1 Å². The van der Waals surface area contributed by atoms with Crippen LogP contribution in [0.4, 0.5) is 18.9 Å². The molecule has 5 rings (SSSR count). The van der Waals surface area contributed by atoms with Gasteiger partial charge in [0.1, 0.15) is 6.04 Å². The maximum absolute atomic E-state index is 15.2. The van der Waals surface area contributed by atoms with Gasteiger partial charge < -0.3 is 29.3 Å². The Morgan fingerprint density at radius 1 is 0.966 bits per heavy atom. The van der Waals surface area contributed by atoms with Crippen molar-refractivity contribution in [1.82, 2.24) is 9.88 Å². The van der Waals surface area contributed by atoms with E-state index in [0.29, 0.717) is 29.4 Å². The standard InChI is InChI=1S/C38H44N4O9S.C2HF3O2/c1-7-50-32-20-25(9-12-31(32)51-22(2)3)34(42(39)28-11-8-27-21-40-16-14-24(27)18-28)36(43)41-17-15-29(37(44)45)35(41)30-19-26(38(46)49-6)10-13-33(30)52(47,48)23(4)5;3-2(4,5)1(6)7/h8-14,16,18-23,29,34-35H,7,15,17,39H2,1-6H3,(H,44,45);(H,6,7). The predicted molar refractivity (Wildman–Crippen MR) is 209 cm³/mol. The predicted octanol–water partition coefficient (Wildman–Crippen LogP) is 6.12. The number of pyridine rings is 1. The minimum Gasteiger partial charge on any atom is -0.490 e. The Hall–Kier alpha value is -5.95. The summed E-state index contributed by atoms with van der Waals surface area (Å²) in [4.78, 5) is 54.9. The number of carbonyl (C=O) groups excluding carboxylic acids is 2. The molecule has 3 aromatic carbocycles. The lowest BCUT2D eigenvalue weighted by atomic mass is 9.92. The Bertz CT molecular complexity index is 2300. The first-order valence-corrected chi connectivity index (χ1v) is 19.8. The van der Waals surface area contributed by atoms with Crippen LogP contribution in [-0.2, 0) is 29.0 Å². The van der Waals surface area contributed by atoms with Crippen molar-refractivity contribution in [3.05, 3.63) is 89.7 Å². The number of alkyl halides is 3. The van der Waals surface area contributed by atoms with Gasteiger partial charge in [0.25, 0.3) is 5.91 Å². The number of amides is 1. The molecule has 1 aromatic heterocycles. The van der Waals surface area contributed by atoms with E-state index in [1.54, 1.807) is 36.7 Å². The lowest BCUT2D eigenvalue weighted by molar-refractivity contribution is -0.192. The zero-order valence-corrected chi connectivity index (χ0v) is 33.8. The van der Waals surface area contributed by atoms with Crippen LogP contribution in [0.5, 0.6) is 11.5 Å². The highest BCUT2D eigenvalue weighted by Crippen LogP contribution is 2.44. The molecule has 1 aliphatic rings. The number of likely N-dealkylation sites (tertiary alicyclic amines) is 1. The topological polar surface area (TPSA) is 216 Å². The molecule has 2 heterocycles. The number of nitrogens with two attached hydrogens (primary N) is 1. The molecule has 1 aliphatic heterocycles. The van der Waals surface area contributed by atoms with Gasteiger partial charge in [-0.15, -0.1) is 0 Å². The first-order valence-electron chi connectivity index (χ1n) is 18.2. The quantitative estimate of drug-likeness (QED) is 0.0786. The molecule has 4 N–H and O–H groups in total. The third-order valence-corrected chi connectivity index (χ3v) is 11.5. The van der Waals surface area contributed by atoms with E-state index >= 15 is 4.79 Å². The highest BCUT2D eigenvalue weighted by Gasteiger charge is 2.47. The van der Waals surface area contributed by atoms with Crippen molar-refractivity contribution in [2.45, 2.75) is 75.5 Å². The summed E-state index contributed by atoms with van der Waals surface area (Å²) in [6, 6.07) is 13.6. The summed E-state index contributed by atoms with van der Waals surface area (Å²) in [5.41, 5.74) is 0.899. The van der Waals surface area contributed by atoms with E-state index in [1.165, 1.54) is 49.1 Å². The van der Waals surface area contributed by atoms with E-state index in [2.05, 4.69) is 4.98 Å². The summed E-state index contributed by atoms with van der Waals surface area (Å²) in [6.45, 7) is 8.85. The molecule has 59 heavy (non-hydrogen) atoms. The minimum absolute atomic E-state index is 0.00561. The van der Waals surface area contributed by atoms with E-state index in [4.69, 9.17) is 30.0 Å². The molecule has 19 heteroatoms. The molecule has 0 bridgehead atoms. The van der Waals surface area contributed by atoms with Gasteiger partial charge in [-0.3, -0.25) is 19.6 Å². The summed E-state index contributed by atoms with van der Waals surface area (Å²) >= 11 is 0. The van der Waals surface area contributed by atoms with Crippen LogP contribution in [0.15, 0.2) is 78.0 Å². The number of rotatable bonds is 13. The van der Waals surface area contributed by atoms with Crippen LogP contribution in [0.25, 0.3) is 10.8 Å². The number of carboxylic acids is 2. The number of aromatic nitrogens is 1. The monoisotopic (exact) mass is 846 g/mol. The Kier molecular flexibility index (Phi) is 14.5. The van der Waals surface area contributed by atoms with Crippen LogP contribution in [0.3, 0.4) is 0 Å². The third-order valence-electron chi connectivity index (χ3n) is 9.30. The summed E-state index contributed by atoms with van der Waals surface area (Å²) in [5, 5.41) is 19.7. The van der Waals surface area contributed by atoms with Gasteiger partial charge in [0.2, 0.25) is 0 Å². The number of carboxylic acid groups (broad SMARTS) is 2. The SMILES string of the molecule is CCOc1cc(C(C(=O)N2CCC(C(=O)O)C2c2cc(C(=O)OC)ccc2S(=O)(=O)C(C)C)N(N)c2ccc3cnccc3c2)ccc1OC(C)C.O=C(O)C(F)(F)F. The number of fused-ring (bicyclic) bond motifs is 1. The molecule has 1 saturated heterocycles. The molecule has 1 fully saturated rings. The zero-order valence-electron chi connectivity index (χ0n) is 33.0. The number of anilines is 1. The van der Waals surface area contributed by atoms with Gasteiger partial charge in [-0.2, -0.15) is 13.2 Å². The lowest BCUT2D eigenvalue weighted by Crippen LogP contribution is -2.47. The van der Waals surface area contributed by atoms with Gasteiger partial charge in [-0.1, -0.05) is 12.1 Å². The highest BCUT2D eigenvalue weighted by molar-refractivity contribution is 7.92. The highest BCUT2D eigenvalue weighted by atomic mass is 32.2. The molecule has 3 unspecified atom stereocenters. The smallest absolute Gasteiger partial charge is 0.490 e. The Labute approximate surface area is 338 Å². The number of hydrogen-bond donors (Lipinski definition) is 3. The second kappa shape index (κ2) is 18.8. The molecule has 0 spiro atoms. The van der Waals surface area contributed by atoms with Gasteiger partial charge in [-0.25, -0.2) is 23.8 Å². The maximum atomic E-state index is 15.2. The Balaban J connectivity index is 0.00000101. The number of esters is 1. The number of nitrogens with zero attached hydrogens (tertiary/aromatic N) is 3. The average Bonchev–Trinajstić information content (AvgIpc) is 3.63. The van der Waals surface area contributed by atoms with Crippen LogP contribution >= 0.6 is 0 Å². The molecule has 15 nitrogen and oxygen atoms in total. The third kappa shape index (κ3) is 10.4. The van der Waals surface area contributed by atoms with Crippen LogP contribution in [0, 0.1) is 5.92 Å². The van der Waals surface area contributed by atoms with Crippen LogP contribution in [0.2, 0.25) is 0 Å². The molecule has 0 aliphatic carbocycles. The molecular formula is C40H45F3N4O11S. The number of hydrogen-bond acceptors (Lipinski definition) is 12. The zero-order chi connectivity index (χ0) is 44.0. The number of hydrazine groups is 1.